The lowest BCUT2D eigenvalue weighted by Gasteiger charge is -2.24. The van der Waals surface area contributed by atoms with Crippen molar-refractivity contribution in [1.29, 1.82) is 0 Å². The summed E-state index contributed by atoms with van der Waals surface area (Å²) in [6.07, 6.45) is -1.51. The van der Waals surface area contributed by atoms with Gasteiger partial charge in [0.1, 0.15) is 18.1 Å². The Morgan fingerprint density at radius 3 is 1.82 bits per heavy atom. The monoisotopic (exact) mass is 506 g/mol. The molecule has 16 nitrogen and oxygen atoms in total. The fraction of sp³-hybridized carbons (Fsp3) is 0.588. The normalized spacial score (nSPS) is 13.9. The highest BCUT2D eigenvalue weighted by molar-refractivity contribution is 7.80. The van der Waals surface area contributed by atoms with E-state index in [0.29, 0.717) is 0 Å². The number of nitrogens with zero attached hydrogens (tertiary/aromatic N) is 1. The van der Waals surface area contributed by atoms with Crippen LogP contribution in [-0.4, -0.2) is 88.2 Å². The molecule has 17 heteroatoms. The summed E-state index contributed by atoms with van der Waals surface area (Å²) in [6.45, 7) is 0.0533. The standard InChI is InChI=1S/C17H30N8O8S/c18-7(6-34)13(29)24-9(5-12(27)28)15(31)23-8(2-1-3-22-17(20)21)14(30)25-10(16(32)33)4-11(19)26/h7-10,34H,1-6,18H2,(H2,19,26)(H,23,31)(H,24,29)(H,25,30)(H,27,28)(H,32,33)(H4,20,21,22). The van der Waals surface area contributed by atoms with Crippen LogP contribution in [0.1, 0.15) is 25.7 Å². The lowest BCUT2D eigenvalue weighted by Crippen LogP contribution is -2.57. The molecule has 0 radical (unpaired) electrons. The maximum atomic E-state index is 12.7. The zero-order valence-corrected chi connectivity index (χ0v) is 19.0. The molecule has 13 N–H and O–H groups in total. The molecule has 0 aromatic rings. The van der Waals surface area contributed by atoms with Gasteiger partial charge in [0.05, 0.1) is 18.9 Å². The second-order valence-electron chi connectivity index (χ2n) is 7.03. The molecular weight excluding hydrogens is 476 g/mol. The first-order chi connectivity index (χ1) is 15.8. The predicted molar refractivity (Wildman–Crippen MR) is 121 cm³/mol. The average Bonchev–Trinajstić information content (AvgIpc) is 2.72. The summed E-state index contributed by atoms with van der Waals surface area (Å²) in [7, 11) is 0. The van der Waals surface area contributed by atoms with Crippen LogP contribution in [0.25, 0.3) is 0 Å². The molecule has 0 rings (SSSR count). The molecule has 0 aliphatic carbocycles. The van der Waals surface area contributed by atoms with Gasteiger partial charge >= 0.3 is 11.9 Å². The van der Waals surface area contributed by atoms with Crippen LogP contribution >= 0.6 is 12.6 Å². The van der Waals surface area contributed by atoms with Crippen LogP contribution in [0.3, 0.4) is 0 Å². The quantitative estimate of drug-likeness (QED) is 0.0410. The molecule has 0 aromatic carbocycles. The van der Waals surface area contributed by atoms with Gasteiger partial charge in [-0.05, 0) is 12.8 Å². The van der Waals surface area contributed by atoms with Gasteiger partial charge in [-0.3, -0.25) is 29.0 Å². The van der Waals surface area contributed by atoms with E-state index in [1.807, 2.05) is 0 Å². The van der Waals surface area contributed by atoms with Gasteiger partial charge in [-0.15, -0.1) is 0 Å². The minimum atomic E-state index is -1.68. The van der Waals surface area contributed by atoms with E-state index in [2.05, 4.69) is 33.6 Å². The summed E-state index contributed by atoms with van der Waals surface area (Å²) in [5, 5.41) is 24.8. The summed E-state index contributed by atoms with van der Waals surface area (Å²) in [5.41, 5.74) is 20.9. The number of aliphatic carboxylic acids is 2. The van der Waals surface area contributed by atoms with Crippen molar-refractivity contribution in [3.05, 3.63) is 0 Å². The Kier molecular flexibility index (Phi) is 13.7. The Morgan fingerprint density at radius 1 is 0.824 bits per heavy atom. The van der Waals surface area contributed by atoms with Crippen LogP contribution in [0.15, 0.2) is 4.99 Å². The lowest BCUT2D eigenvalue weighted by molar-refractivity contribution is -0.144. The van der Waals surface area contributed by atoms with E-state index in [1.54, 1.807) is 0 Å². The average molecular weight is 507 g/mol. The second-order valence-corrected chi connectivity index (χ2v) is 7.39. The topological polar surface area (TPSA) is 295 Å². The van der Waals surface area contributed by atoms with Gasteiger partial charge in [0.25, 0.3) is 0 Å². The minimum absolute atomic E-state index is 0.0533. The Hall–Kier alpha value is -3.60. The molecule has 34 heavy (non-hydrogen) atoms. The lowest BCUT2D eigenvalue weighted by atomic mass is 10.1. The molecule has 4 amide bonds. The van der Waals surface area contributed by atoms with E-state index >= 15 is 0 Å². The van der Waals surface area contributed by atoms with E-state index in [-0.39, 0.29) is 31.1 Å². The molecule has 0 saturated carbocycles. The van der Waals surface area contributed by atoms with Crippen LogP contribution in [0, 0.1) is 0 Å². The van der Waals surface area contributed by atoms with E-state index in [0.717, 1.165) is 0 Å². The van der Waals surface area contributed by atoms with Crippen LogP contribution in [0.4, 0.5) is 0 Å². The number of primary amides is 1. The van der Waals surface area contributed by atoms with Crippen molar-refractivity contribution in [2.75, 3.05) is 12.3 Å². The number of carboxylic acid groups (broad SMARTS) is 2. The summed E-state index contributed by atoms with van der Waals surface area (Å²) in [6, 6.07) is -5.81. The van der Waals surface area contributed by atoms with Gasteiger partial charge < -0.3 is 49.1 Å². The largest absolute Gasteiger partial charge is 0.481 e. The first kappa shape index (κ1) is 30.4. The molecular formula is C17H30N8O8S. The zero-order valence-electron chi connectivity index (χ0n) is 18.1. The molecule has 0 fully saturated rings. The molecule has 0 aromatic heterocycles. The summed E-state index contributed by atoms with van der Waals surface area (Å²) in [4.78, 5) is 74.6. The van der Waals surface area contributed by atoms with Gasteiger partial charge in [0, 0.05) is 12.3 Å². The number of aliphatic imine (C=N–C) groups is 1. The number of hydrogen-bond donors (Lipinski definition) is 10. The van der Waals surface area contributed by atoms with E-state index in [1.165, 1.54) is 0 Å². The number of nitrogens with two attached hydrogens (primary N) is 4. The van der Waals surface area contributed by atoms with Gasteiger partial charge in [0.2, 0.25) is 23.6 Å². The number of amides is 4. The van der Waals surface area contributed by atoms with Crippen molar-refractivity contribution in [2.45, 2.75) is 49.9 Å². The van der Waals surface area contributed by atoms with E-state index in [9.17, 15) is 33.9 Å². The van der Waals surface area contributed by atoms with E-state index in [4.69, 9.17) is 28.0 Å². The maximum Gasteiger partial charge on any atom is 0.326 e. The third kappa shape index (κ3) is 12.4. The maximum absolute atomic E-state index is 12.7. The number of carbonyl (C=O) groups excluding carboxylic acids is 4. The molecule has 0 spiro atoms. The van der Waals surface area contributed by atoms with Crippen molar-refractivity contribution in [3.63, 3.8) is 0 Å². The van der Waals surface area contributed by atoms with Gasteiger partial charge in [-0.25, -0.2) is 4.79 Å². The smallest absolute Gasteiger partial charge is 0.326 e. The predicted octanol–water partition coefficient (Wildman–Crippen LogP) is -4.81. The molecule has 192 valence electrons. The third-order valence-corrected chi connectivity index (χ3v) is 4.54. The number of carboxylic acids is 2. The Bertz CT molecular complexity index is 804. The number of carbonyl (C=O) groups is 6. The van der Waals surface area contributed by atoms with Crippen molar-refractivity contribution in [3.8, 4) is 0 Å². The van der Waals surface area contributed by atoms with Gasteiger partial charge in [-0.2, -0.15) is 12.6 Å². The third-order valence-electron chi connectivity index (χ3n) is 4.14. The first-order valence-corrected chi connectivity index (χ1v) is 10.5. The van der Waals surface area contributed by atoms with E-state index < -0.39 is 72.6 Å². The Labute approximate surface area is 199 Å². The fourth-order valence-electron chi connectivity index (χ4n) is 2.46. The summed E-state index contributed by atoms with van der Waals surface area (Å²) < 4.78 is 0. The highest BCUT2D eigenvalue weighted by atomic mass is 32.1. The molecule has 0 heterocycles. The molecule has 0 saturated heterocycles. The number of thiol groups is 1. The molecule has 0 aliphatic heterocycles. The summed E-state index contributed by atoms with van der Waals surface area (Å²) >= 11 is 3.85. The zero-order chi connectivity index (χ0) is 26.4. The number of nitrogens with one attached hydrogen (secondary N) is 3. The van der Waals surface area contributed by atoms with Crippen LogP contribution in [0.5, 0.6) is 0 Å². The highest BCUT2D eigenvalue weighted by Crippen LogP contribution is 2.04. The van der Waals surface area contributed by atoms with Crippen molar-refractivity contribution in [1.82, 2.24) is 16.0 Å². The fourth-order valence-corrected chi connectivity index (χ4v) is 2.63. The Balaban J connectivity index is 5.63. The van der Waals surface area contributed by atoms with Crippen LogP contribution < -0.4 is 38.9 Å². The van der Waals surface area contributed by atoms with Gasteiger partial charge in [0.15, 0.2) is 5.96 Å². The van der Waals surface area contributed by atoms with Gasteiger partial charge in [-0.1, -0.05) is 0 Å². The van der Waals surface area contributed by atoms with Crippen molar-refractivity contribution in [2.24, 2.45) is 27.9 Å². The van der Waals surface area contributed by atoms with Crippen LogP contribution in [0.2, 0.25) is 0 Å². The molecule has 0 aliphatic rings. The van der Waals surface area contributed by atoms with Crippen molar-refractivity contribution < 1.29 is 39.0 Å². The number of rotatable bonds is 16. The second kappa shape index (κ2) is 15.3. The Morgan fingerprint density at radius 2 is 1.35 bits per heavy atom. The molecule has 4 unspecified atom stereocenters. The first-order valence-electron chi connectivity index (χ1n) is 9.84. The number of guanidine groups is 1. The molecule has 0 bridgehead atoms. The SMILES string of the molecule is NC(=O)CC(NC(=O)C(CCCN=C(N)N)NC(=O)C(CC(=O)O)NC(=O)C(N)CS)C(=O)O. The number of hydrogen-bond acceptors (Lipinski definition) is 9. The molecule has 4 atom stereocenters. The van der Waals surface area contributed by atoms with Crippen molar-refractivity contribution >= 4 is 54.2 Å². The highest BCUT2D eigenvalue weighted by Gasteiger charge is 2.31. The summed E-state index contributed by atoms with van der Waals surface area (Å²) in [5.74, 6) is -7.18. The van der Waals surface area contributed by atoms with Crippen LogP contribution in [-0.2, 0) is 28.8 Å². The minimum Gasteiger partial charge on any atom is -0.481 e.